The van der Waals surface area contributed by atoms with Crippen molar-refractivity contribution in [3.63, 3.8) is 0 Å². The van der Waals surface area contributed by atoms with Crippen molar-refractivity contribution in [3.05, 3.63) is 30.3 Å². The molecule has 1 aromatic carbocycles. The van der Waals surface area contributed by atoms with Gasteiger partial charge in [0.15, 0.2) is 0 Å². The van der Waals surface area contributed by atoms with Gasteiger partial charge in [0, 0.05) is 12.2 Å². The van der Waals surface area contributed by atoms with E-state index in [0.29, 0.717) is 0 Å². The minimum Gasteiger partial charge on any atom is -0.385 e. The summed E-state index contributed by atoms with van der Waals surface area (Å²) >= 11 is 0. The Balaban J connectivity index is 1.69. The summed E-state index contributed by atoms with van der Waals surface area (Å²) in [6, 6.07) is 10.5. The molecule has 0 fully saturated rings. The van der Waals surface area contributed by atoms with Gasteiger partial charge in [-0.15, -0.1) is 0 Å². The number of rotatable bonds is 18. The summed E-state index contributed by atoms with van der Waals surface area (Å²) in [5.74, 6) is 0. The van der Waals surface area contributed by atoms with Crippen molar-refractivity contribution in [1.29, 1.82) is 0 Å². The molecule has 0 atom stereocenters. The SMILES string of the molecule is CCCCCCCCCCCCCCCCCCNc1ccccc1. The van der Waals surface area contributed by atoms with E-state index >= 15 is 0 Å². The number of anilines is 1. The molecule has 0 saturated carbocycles. The smallest absolute Gasteiger partial charge is 0.0340 e. The molecule has 144 valence electrons. The molecule has 0 aromatic heterocycles. The molecule has 0 unspecified atom stereocenters. The number of hydrogen-bond donors (Lipinski definition) is 1. The molecule has 1 rings (SSSR count). The molecule has 1 nitrogen and oxygen atoms in total. The Morgan fingerprint density at radius 3 is 1.36 bits per heavy atom. The van der Waals surface area contributed by atoms with Crippen LogP contribution in [0, 0.1) is 0 Å². The lowest BCUT2D eigenvalue weighted by atomic mass is 10.0. The van der Waals surface area contributed by atoms with E-state index in [2.05, 4.69) is 42.6 Å². The number of unbranched alkanes of at least 4 members (excludes halogenated alkanes) is 15. The maximum atomic E-state index is 3.49. The zero-order chi connectivity index (χ0) is 17.8. The fraction of sp³-hybridized carbons (Fsp3) is 0.750. The maximum Gasteiger partial charge on any atom is 0.0340 e. The van der Waals surface area contributed by atoms with Crippen molar-refractivity contribution in [1.82, 2.24) is 0 Å². The maximum absolute atomic E-state index is 3.49. The van der Waals surface area contributed by atoms with Crippen LogP contribution in [0.25, 0.3) is 0 Å². The first-order valence-corrected chi connectivity index (χ1v) is 11.2. The van der Waals surface area contributed by atoms with Crippen LogP contribution in [0.4, 0.5) is 5.69 Å². The average molecular weight is 346 g/mol. The quantitative estimate of drug-likeness (QED) is 0.263. The Labute approximate surface area is 158 Å². The molecule has 0 aliphatic heterocycles. The van der Waals surface area contributed by atoms with Crippen LogP contribution in [-0.2, 0) is 0 Å². The predicted octanol–water partition coefficient (Wildman–Crippen LogP) is 8.36. The fourth-order valence-corrected chi connectivity index (χ4v) is 3.46. The van der Waals surface area contributed by atoms with Gasteiger partial charge in [0.25, 0.3) is 0 Å². The highest BCUT2D eigenvalue weighted by atomic mass is 14.9. The van der Waals surface area contributed by atoms with Crippen LogP contribution in [0.5, 0.6) is 0 Å². The van der Waals surface area contributed by atoms with Crippen LogP contribution in [0.3, 0.4) is 0 Å². The number of hydrogen-bond acceptors (Lipinski definition) is 1. The Bertz CT molecular complexity index is 360. The van der Waals surface area contributed by atoms with Gasteiger partial charge in [-0.05, 0) is 18.6 Å². The molecule has 0 aliphatic carbocycles. The number of benzene rings is 1. The van der Waals surface area contributed by atoms with Crippen LogP contribution in [-0.4, -0.2) is 6.54 Å². The van der Waals surface area contributed by atoms with Gasteiger partial charge in [0.2, 0.25) is 0 Å². The second kappa shape index (κ2) is 17.8. The molecule has 0 aliphatic rings. The molecular weight excluding hydrogens is 302 g/mol. The number of nitrogens with one attached hydrogen (secondary N) is 1. The molecule has 0 amide bonds. The van der Waals surface area contributed by atoms with Gasteiger partial charge in [-0.2, -0.15) is 0 Å². The zero-order valence-electron chi connectivity index (χ0n) is 16.9. The van der Waals surface area contributed by atoms with Crippen LogP contribution in [0.15, 0.2) is 30.3 Å². The molecule has 0 radical (unpaired) electrons. The molecule has 0 spiro atoms. The molecule has 1 aromatic rings. The van der Waals surface area contributed by atoms with Crippen LogP contribution < -0.4 is 5.32 Å². The van der Waals surface area contributed by atoms with Crippen LogP contribution in [0.2, 0.25) is 0 Å². The fourth-order valence-electron chi connectivity index (χ4n) is 3.46. The highest BCUT2D eigenvalue weighted by molar-refractivity contribution is 5.42. The normalized spacial score (nSPS) is 10.9. The monoisotopic (exact) mass is 345 g/mol. The summed E-state index contributed by atoms with van der Waals surface area (Å²) in [6.07, 6.45) is 23.0. The Morgan fingerprint density at radius 2 is 0.920 bits per heavy atom. The second-order valence-electron chi connectivity index (χ2n) is 7.60. The second-order valence-corrected chi connectivity index (χ2v) is 7.60. The first-order chi connectivity index (χ1) is 12.4. The lowest BCUT2D eigenvalue weighted by molar-refractivity contribution is 0.530. The van der Waals surface area contributed by atoms with Crippen molar-refractivity contribution in [3.8, 4) is 0 Å². The van der Waals surface area contributed by atoms with Gasteiger partial charge in [-0.3, -0.25) is 0 Å². The topological polar surface area (TPSA) is 12.0 Å². The van der Waals surface area contributed by atoms with E-state index in [4.69, 9.17) is 0 Å². The van der Waals surface area contributed by atoms with E-state index in [1.807, 2.05) is 0 Å². The predicted molar refractivity (Wildman–Crippen MR) is 114 cm³/mol. The minimum atomic E-state index is 1.11. The van der Waals surface area contributed by atoms with Crippen molar-refractivity contribution >= 4 is 5.69 Å². The van der Waals surface area contributed by atoms with E-state index in [0.717, 1.165) is 6.54 Å². The lowest BCUT2D eigenvalue weighted by Crippen LogP contribution is -2.00. The first kappa shape index (κ1) is 22.1. The summed E-state index contributed by atoms with van der Waals surface area (Å²) in [5, 5.41) is 3.49. The lowest BCUT2D eigenvalue weighted by Gasteiger charge is -2.06. The third kappa shape index (κ3) is 15.0. The van der Waals surface area contributed by atoms with Crippen LogP contribution >= 0.6 is 0 Å². The summed E-state index contributed by atoms with van der Waals surface area (Å²) < 4.78 is 0. The molecule has 1 N–H and O–H groups in total. The van der Waals surface area contributed by atoms with Gasteiger partial charge >= 0.3 is 0 Å². The molecule has 0 saturated heterocycles. The minimum absolute atomic E-state index is 1.11. The largest absolute Gasteiger partial charge is 0.385 e. The summed E-state index contributed by atoms with van der Waals surface area (Å²) in [4.78, 5) is 0. The third-order valence-electron chi connectivity index (χ3n) is 5.13. The van der Waals surface area contributed by atoms with Gasteiger partial charge in [-0.1, -0.05) is 121 Å². The van der Waals surface area contributed by atoms with Crippen molar-refractivity contribution in [2.24, 2.45) is 0 Å². The molecule has 1 heteroatoms. The Kier molecular flexibility index (Phi) is 15.7. The highest BCUT2D eigenvalue weighted by Gasteiger charge is 1.95. The molecule has 0 bridgehead atoms. The van der Waals surface area contributed by atoms with Crippen molar-refractivity contribution in [2.45, 2.75) is 110 Å². The van der Waals surface area contributed by atoms with Crippen LogP contribution in [0.1, 0.15) is 110 Å². The van der Waals surface area contributed by atoms with E-state index in [1.54, 1.807) is 0 Å². The molecular formula is C24H43N. The van der Waals surface area contributed by atoms with Gasteiger partial charge in [-0.25, -0.2) is 0 Å². The van der Waals surface area contributed by atoms with Crippen molar-refractivity contribution < 1.29 is 0 Å². The Hall–Kier alpha value is -0.980. The number of para-hydroxylation sites is 1. The van der Waals surface area contributed by atoms with E-state index < -0.39 is 0 Å². The van der Waals surface area contributed by atoms with Crippen molar-refractivity contribution in [2.75, 3.05) is 11.9 Å². The van der Waals surface area contributed by atoms with Gasteiger partial charge < -0.3 is 5.32 Å². The van der Waals surface area contributed by atoms with E-state index in [9.17, 15) is 0 Å². The molecule has 0 heterocycles. The Morgan fingerprint density at radius 1 is 0.520 bits per heavy atom. The van der Waals surface area contributed by atoms with E-state index in [-0.39, 0.29) is 0 Å². The zero-order valence-corrected chi connectivity index (χ0v) is 16.9. The van der Waals surface area contributed by atoms with Gasteiger partial charge in [0.05, 0.1) is 0 Å². The first-order valence-electron chi connectivity index (χ1n) is 11.2. The summed E-state index contributed by atoms with van der Waals surface area (Å²) in [7, 11) is 0. The summed E-state index contributed by atoms with van der Waals surface area (Å²) in [6.45, 7) is 3.41. The van der Waals surface area contributed by atoms with Gasteiger partial charge in [0.1, 0.15) is 0 Å². The molecule has 25 heavy (non-hydrogen) atoms. The average Bonchev–Trinajstić information content (AvgIpc) is 2.65. The third-order valence-corrected chi connectivity index (χ3v) is 5.13. The highest BCUT2D eigenvalue weighted by Crippen LogP contribution is 2.14. The standard InChI is InChI=1S/C24H43N/c1-2-3-4-5-6-7-8-9-10-11-12-13-14-15-16-20-23-25-24-21-18-17-19-22-24/h17-19,21-22,25H,2-16,20,23H2,1H3. The summed E-state index contributed by atoms with van der Waals surface area (Å²) in [5.41, 5.74) is 1.25. The van der Waals surface area contributed by atoms with E-state index in [1.165, 1.54) is 108 Å².